The lowest BCUT2D eigenvalue weighted by molar-refractivity contribution is -0.144. The summed E-state index contributed by atoms with van der Waals surface area (Å²) in [5, 5.41) is 2.70. The zero-order valence-corrected chi connectivity index (χ0v) is 10.4. The number of hydrogen-bond acceptors (Lipinski definition) is 3. The highest BCUT2D eigenvalue weighted by Crippen LogP contribution is 2.37. The van der Waals surface area contributed by atoms with Crippen molar-refractivity contribution in [3.8, 4) is 0 Å². The Kier molecular flexibility index (Phi) is 2.71. The first kappa shape index (κ1) is 11.1. The molecule has 4 nitrogen and oxygen atoms in total. The van der Waals surface area contributed by atoms with Gasteiger partial charge < -0.3 is 10.1 Å². The lowest BCUT2D eigenvalue weighted by Gasteiger charge is -2.07. The molecule has 0 aliphatic carbocycles. The molecule has 1 aromatic carbocycles. The third-order valence-electron chi connectivity index (χ3n) is 2.59. The standard InChI is InChI=1S/C11H10BrNO3/c1-5-3-6(12)4-7-8(11(15)16-2)10(14)13-9(5)7/h3-4,8H,1-2H3,(H,13,14). The van der Waals surface area contributed by atoms with Crippen LogP contribution in [0.1, 0.15) is 17.0 Å². The largest absolute Gasteiger partial charge is 0.468 e. The molecule has 0 saturated carbocycles. The minimum Gasteiger partial charge on any atom is -0.468 e. The predicted molar refractivity (Wildman–Crippen MR) is 62.3 cm³/mol. The van der Waals surface area contributed by atoms with Gasteiger partial charge in [-0.25, -0.2) is 0 Å². The molecule has 1 amide bonds. The van der Waals surface area contributed by atoms with Crippen molar-refractivity contribution in [3.05, 3.63) is 27.7 Å². The summed E-state index contributed by atoms with van der Waals surface area (Å²) in [7, 11) is 1.28. The first-order chi connectivity index (χ1) is 7.54. The maximum atomic E-state index is 11.7. The van der Waals surface area contributed by atoms with Gasteiger partial charge in [0.2, 0.25) is 5.91 Å². The van der Waals surface area contributed by atoms with Crippen molar-refractivity contribution in [1.29, 1.82) is 0 Å². The second kappa shape index (κ2) is 3.90. The van der Waals surface area contributed by atoms with Gasteiger partial charge in [0.1, 0.15) is 0 Å². The summed E-state index contributed by atoms with van der Waals surface area (Å²) in [6.07, 6.45) is 0. The molecule has 0 fully saturated rings. The number of ether oxygens (including phenoxy) is 1. The summed E-state index contributed by atoms with van der Waals surface area (Å²) in [4.78, 5) is 23.2. The van der Waals surface area contributed by atoms with E-state index < -0.39 is 11.9 Å². The lowest BCUT2D eigenvalue weighted by atomic mass is 9.99. The maximum Gasteiger partial charge on any atom is 0.322 e. The van der Waals surface area contributed by atoms with Gasteiger partial charge in [0.05, 0.1) is 7.11 Å². The zero-order valence-electron chi connectivity index (χ0n) is 8.83. The van der Waals surface area contributed by atoms with Crippen LogP contribution >= 0.6 is 15.9 Å². The summed E-state index contributed by atoms with van der Waals surface area (Å²) >= 11 is 3.34. The van der Waals surface area contributed by atoms with E-state index in [4.69, 9.17) is 0 Å². The normalized spacial score (nSPS) is 17.9. The molecule has 0 radical (unpaired) electrons. The third-order valence-corrected chi connectivity index (χ3v) is 3.05. The molecular weight excluding hydrogens is 274 g/mol. The molecule has 1 aliphatic rings. The number of carbonyl (C=O) groups excluding carboxylic acids is 2. The van der Waals surface area contributed by atoms with Gasteiger partial charge in [0, 0.05) is 15.7 Å². The summed E-state index contributed by atoms with van der Waals surface area (Å²) in [6.45, 7) is 1.88. The topological polar surface area (TPSA) is 55.4 Å². The van der Waals surface area contributed by atoms with Crippen LogP contribution in [0.4, 0.5) is 5.69 Å². The van der Waals surface area contributed by atoms with Crippen LogP contribution in [0.2, 0.25) is 0 Å². The number of anilines is 1. The van der Waals surface area contributed by atoms with Gasteiger partial charge in [-0.15, -0.1) is 0 Å². The number of methoxy groups -OCH3 is 1. The molecule has 1 unspecified atom stereocenters. The summed E-state index contributed by atoms with van der Waals surface area (Å²) < 4.78 is 5.47. The minimum atomic E-state index is -0.851. The van der Waals surface area contributed by atoms with Gasteiger partial charge in [0.15, 0.2) is 5.92 Å². The van der Waals surface area contributed by atoms with Gasteiger partial charge in [-0.3, -0.25) is 9.59 Å². The first-order valence-corrected chi connectivity index (χ1v) is 5.52. The van der Waals surface area contributed by atoms with Gasteiger partial charge in [0.25, 0.3) is 0 Å². The van der Waals surface area contributed by atoms with Crippen molar-refractivity contribution in [1.82, 2.24) is 0 Å². The van der Waals surface area contributed by atoms with E-state index >= 15 is 0 Å². The lowest BCUT2D eigenvalue weighted by Crippen LogP contribution is -2.21. The van der Waals surface area contributed by atoms with E-state index in [-0.39, 0.29) is 5.91 Å². The molecule has 2 rings (SSSR count). The van der Waals surface area contributed by atoms with Crippen LogP contribution in [0.25, 0.3) is 0 Å². The number of benzene rings is 1. The number of esters is 1. The number of hydrogen-bond donors (Lipinski definition) is 1. The molecule has 0 bridgehead atoms. The average molecular weight is 284 g/mol. The Morgan fingerprint density at radius 2 is 2.19 bits per heavy atom. The number of rotatable bonds is 1. The molecule has 1 aromatic rings. The quantitative estimate of drug-likeness (QED) is 0.633. The summed E-state index contributed by atoms with van der Waals surface area (Å²) in [6, 6.07) is 3.65. The molecule has 0 spiro atoms. The van der Waals surface area contributed by atoms with Gasteiger partial charge >= 0.3 is 5.97 Å². The van der Waals surface area contributed by atoms with E-state index in [1.807, 2.05) is 13.0 Å². The highest BCUT2D eigenvalue weighted by Gasteiger charge is 2.38. The van der Waals surface area contributed by atoms with Crippen molar-refractivity contribution in [2.24, 2.45) is 0 Å². The predicted octanol–water partition coefficient (Wildman–Crippen LogP) is 1.97. The Hall–Kier alpha value is -1.36. The zero-order chi connectivity index (χ0) is 11.9. The summed E-state index contributed by atoms with van der Waals surface area (Å²) in [5.74, 6) is -1.71. The Balaban J connectivity index is 2.56. The second-order valence-corrected chi connectivity index (χ2v) is 4.55. The number of halogens is 1. The highest BCUT2D eigenvalue weighted by atomic mass is 79.9. The smallest absolute Gasteiger partial charge is 0.322 e. The van der Waals surface area contributed by atoms with E-state index in [2.05, 4.69) is 26.0 Å². The second-order valence-electron chi connectivity index (χ2n) is 3.63. The fourth-order valence-electron chi connectivity index (χ4n) is 1.86. The Labute approximate surface area is 101 Å². The average Bonchev–Trinajstić information content (AvgIpc) is 2.54. The van der Waals surface area contributed by atoms with Crippen LogP contribution in [0.5, 0.6) is 0 Å². The maximum absolute atomic E-state index is 11.7. The van der Waals surface area contributed by atoms with Crippen molar-refractivity contribution < 1.29 is 14.3 Å². The molecule has 84 valence electrons. The van der Waals surface area contributed by atoms with E-state index in [1.54, 1.807) is 6.07 Å². The van der Waals surface area contributed by atoms with Crippen LogP contribution < -0.4 is 5.32 Å². The summed E-state index contributed by atoms with van der Waals surface area (Å²) in [5.41, 5.74) is 2.30. The number of carbonyl (C=O) groups is 2. The van der Waals surface area contributed by atoms with Crippen LogP contribution in [-0.2, 0) is 14.3 Å². The molecule has 0 saturated heterocycles. The molecule has 1 N–H and O–H groups in total. The van der Waals surface area contributed by atoms with Crippen LogP contribution in [-0.4, -0.2) is 19.0 Å². The monoisotopic (exact) mass is 283 g/mol. The molecule has 1 aliphatic heterocycles. The van der Waals surface area contributed by atoms with Crippen LogP contribution in [0, 0.1) is 6.92 Å². The van der Waals surface area contributed by atoms with Crippen LogP contribution in [0.15, 0.2) is 16.6 Å². The van der Waals surface area contributed by atoms with E-state index in [9.17, 15) is 9.59 Å². The van der Waals surface area contributed by atoms with Crippen molar-refractivity contribution in [2.75, 3.05) is 12.4 Å². The fourth-order valence-corrected chi connectivity index (χ4v) is 2.45. The van der Waals surface area contributed by atoms with E-state index in [0.717, 1.165) is 10.0 Å². The minimum absolute atomic E-state index is 0.331. The Bertz CT molecular complexity index is 484. The Morgan fingerprint density at radius 1 is 1.50 bits per heavy atom. The third kappa shape index (κ3) is 1.61. The molecular formula is C11H10BrNO3. The van der Waals surface area contributed by atoms with E-state index in [1.165, 1.54) is 7.11 Å². The number of fused-ring (bicyclic) bond motifs is 1. The van der Waals surface area contributed by atoms with Crippen molar-refractivity contribution in [3.63, 3.8) is 0 Å². The van der Waals surface area contributed by atoms with Gasteiger partial charge in [-0.05, 0) is 24.6 Å². The number of aryl methyl sites for hydroxylation is 1. The SMILES string of the molecule is COC(=O)C1C(=O)Nc2c(C)cc(Br)cc21. The highest BCUT2D eigenvalue weighted by molar-refractivity contribution is 9.10. The first-order valence-electron chi connectivity index (χ1n) is 4.73. The molecule has 0 aromatic heterocycles. The molecule has 16 heavy (non-hydrogen) atoms. The van der Waals surface area contributed by atoms with Crippen molar-refractivity contribution in [2.45, 2.75) is 12.8 Å². The molecule has 5 heteroatoms. The van der Waals surface area contributed by atoms with Gasteiger partial charge in [-0.1, -0.05) is 15.9 Å². The molecule has 1 atom stereocenters. The van der Waals surface area contributed by atoms with Gasteiger partial charge in [-0.2, -0.15) is 0 Å². The van der Waals surface area contributed by atoms with Crippen LogP contribution in [0.3, 0.4) is 0 Å². The number of amides is 1. The molecule has 1 heterocycles. The Morgan fingerprint density at radius 3 is 2.81 bits per heavy atom. The fraction of sp³-hybridized carbons (Fsp3) is 0.273. The van der Waals surface area contributed by atoms with Crippen molar-refractivity contribution >= 4 is 33.5 Å². The number of nitrogens with one attached hydrogen (secondary N) is 1. The van der Waals surface area contributed by atoms with E-state index in [0.29, 0.717) is 11.3 Å².